The Morgan fingerprint density at radius 1 is 0.903 bits per heavy atom. The summed E-state index contributed by atoms with van der Waals surface area (Å²) in [5, 5.41) is 5.92. The molecule has 1 aromatic rings. The number of carbonyl (C=O) groups is 3. The molecule has 3 amide bonds. The van der Waals surface area contributed by atoms with Crippen molar-refractivity contribution in [2.75, 3.05) is 36.0 Å². The van der Waals surface area contributed by atoms with Gasteiger partial charge in [0.05, 0.1) is 11.1 Å². The molecule has 1 unspecified atom stereocenters. The first-order chi connectivity index (χ1) is 15.0. The minimum atomic E-state index is -0.585. The van der Waals surface area contributed by atoms with Crippen LogP contribution in [0.1, 0.15) is 56.9 Å². The summed E-state index contributed by atoms with van der Waals surface area (Å²) in [6.07, 6.45) is 7.32. The molecule has 3 saturated heterocycles. The van der Waals surface area contributed by atoms with Crippen LogP contribution in [0.15, 0.2) is 18.2 Å². The van der Waals surface area contributed by atoms with Gasteiger partial charge in [0, 0.05) is 30.8 Å². The fourth-order valence-corrected chi connectivity index (χ4v) is 6.44. The van der Waals surface area contributed by atoms with Crippen LogP contribution in [0.25, 0.3) is 0 Å². The van der Waals surface area contributed by atoms with Gasteiger partial charge in [0.1, 0.15) is 6.04 Å². The van der Waals surface area contributed by atoms with Crippen LogP contribution < -0.4 is 20.4 Å². The van der Waals surface area contributed by atoms with E-state index in [0.29, 0.717) is 11.8 Å². The molecular weight excluding hydrogens is 392 g/mol. The number of hydrogen-bond donors (Lipinski definition) is 2. The fourth-order valence-electron chi connectivity index (χ4n) is 6.44. The van der Waals surface area contributed by atoms with Crippen molar-refractivity contribution in [2.24, 2.45) is 5.41 Å². The van der Waals surface area contributed by atoms with E-state index in [9.17, 15) is 14.4 Å². The second-order valence-electron chi connectivity index (χ2n) is 10.1. The lowest BCUT2D eigenvalue weighted by Gasteiger charge is -2.45. The molecule has 0 radical (unpaired) electrons. The maximum Gasteiger partial charge on any atom is 0.249 e. The molecule has 1 aromatic carbocycles. The largest absolute Gasteiger partial charge is 0.371 e. The van der Waals surface area contributed by atoms with E-state index < -0.39 is 11.5 Å². The predicted molar refractivity (Wildman–Crippen MR) is 117 cm³/mol. The zero-order valence-electron chi connectivity index (χ0n) is 17.9. The molecule has 164 valence electrons. The Morgan fingerprint density at radius 3 is 2.29 bits per heavy atom. The Hall–Kier alpha value is -2.41. The summed E-state index contributed by atoms with van der Waals surface area (Å²) in [4.78, 5) is 42.0. The van der Waals surface area contributed by atoms with Crippen LogP contribution in [-0.2, 0) is 19.8 Å². The number of hydrogen-bond acceptors (Lipinski definition) is 5. The fraction of sp³-hybridized carbons (Fsp3) is 0.625. The van der Waals surface area contributed by atoms with Crippen LogP contribution in [-0.4, -0.2) is 49.9 Å². The van der Waals surface area contributed by atoms with Crippen molar-refractivity contribution >= 4 is 29.1 Å². The topological polar surface area (TPSA) is 81.8 Å². The van der Waals surface area contributed by atoms with E-state index in [1.165, 1.54) is 31.4 Å². The normalized spacial score (nSPS) is 28.8. The molecule has 31 heavy (non-hydrogen) atoms. The molecule has 0 aromatic heterocycles. The SMILES string of the molecule is O=C1CCC(N2C(=O)C3(CC3)c3c(N4CCC5(CCNCC5)CC4)cccc32)C(=O)N1. The third-order valence-corrected chi connectivity index (χ3v) is 8.49. The number of nitrogens with zero attached hydrogens (tertiary/aromatic N) is 2. The number of fused-ring (bicyclic) bond motifs is 2. The molecule has 0 bridgehead atoms. The third-order valence-electron chi connectivity index (χ3n) is 8.49. The summed E-state index contributed by atoms with van der Waals surface area (Å²) < 4.78 is 0. The quantitative estimate of drug-likeness (QED) is 0.711. The number of benzene rings is 1. The standard InChI is InChI=1S/C24H30N4O3/c29-19-5-4-18(21(30)26-19)28-17-3-1-2-16(20(17)24(6-7-24)22(28)31)27-14-10-23(11-15-27)8-12-25-13-9-23/h1-3,18,25H,4-15H2,(H,26,29,30). The zero-order valence-corrected chi connectivity index (χ0v) is 17.9. The number of imide groups is 1. The van der Waals surface area contributed by atoms with Gasteiger partial charge in [-0.1, -0.05) is 6.07 Å². The summed E-state index contributed by atoms with van der Waals surface area (Å²) in [6.45, 7) is 4.30. The van der Waals surface area contributed by atoms with Gasteiger partial charge >= 0.3 is 0 Å². The average molecular weight is 423 g/mol. The summed E-state index contributed by atoms with van der Waals surface area (Å²) in [6, 6.07) is 5.60. The minimum absolute atomic E-state index is 0.0521. The number of anilines is 2. The van der Waals surface area contributed by atoms with Crippen molar-refractivity contribution in [3.63, 3.8) is 0 Å². The molecule has 4 fully saturated rings. The highest BCUT2D eigenvalue weighted by molar-refractivity contribution is 6.16. The smallest absolute Gasteiger partial charge is 0.249 e. The summed E-state index contributed by atoms with van der Waals surface area (Å²) in [5.41, 5.74) is 3.22. The molecule has 1 aliphatic carbocycles. The van der Waals surface area contributed by atoms with Crippen LogP contribution in [0, 0.1) is 5.41 Å². The van der Waals surface area contributed by atoms with Crippen LogP contribution >= 0.6 is 0 Å². The minimum Gasteiger partial charge on any atom is -0.371 e. The maximum atomic E-state index is 13.6. The Bertz CT molecular complexity index is 954. The molecule has 1 atom stereocenters. The van der Waals surface area contributed by atoms with Gasteiger partial charge in [-0.25, -0.2) is 0 Å². The maximum absolute atomic E-state index is 13.6. The van der Waals surface area contributed by atoms with Gasteiger partial charge in [0.25, 0.3) is 0 Å². The molecule has 4 heterocycles. The Labute approximate surface area is 182 Å². The lowest BCUT2D eigenvalue weighted by atomic mass is 9.71. The highest BCUT2D eigenvalue weighted by Crippen LogP contribution is 2.61. The van der Waals surface area contributed by atoms with E-state index in [2.05, 4.69) is 21.6 Å². The van der Waals surface area contributed by atoms with Crippen molar-refractivity contribution in [3.8, 4) is 0 Å². The number of piperidine rings is 3. The van der Waals surface area contributed by atoms with Crippen LogP contribution in [0.2, 0.25) is 0 Å². The van der Waals surface area contributed by atoms with Gasteiger partial charge in [-0.2, -0.15) is 0 Å². The first kappa shape index (κ1) is 19.3. The van der Waals surface area contributed by atoms with Crippen LogP contribution in [0.4, 0.5) is 11.4 Å². The number of amides is 3. The van der Waals surface area contributed by atoms with Gasteiger partial charge in [0.2, 0.25) is 17.7 Å². The van der Waals surface area contributed by atoms with Gasteiger partial charge in [-0.15, -0.1) is 0 Å². The number of nitrogens with one attached hydrogen (secondary N) is 2. The van der Waals surface area contributed by atoms with Gasteiger partial charge in [-0.05, 0) is 75.6 Å². The molecule has 5 aliphatic rings. The third kappa shape index (κ3) is 2.85. The van der Waals surface area contributed by atoms with Crippen molar-refractivity contribution in [1.29, 1.82) is 0 Å². The average Bonchev–Trinajstić information content (AvgIpc) is 3.54. The monoisotopic (exact) mass is 422 g/mol. The molecule has 6 rings (SSSR count). The summed E-state index contributed by atoms with van der Waals surface area (Å²) in [7, 11) is 0. The highest BCUT2D eigenvalue weighted by atomic mass is 16.2. The predicted octanol–water partition coefficient (Wildman–Crippen LogP) is 1.84. The second kappa shape index (κ2) is 6.79. The van der Waals surface area contributed by atoms with E-state index in [1.54, 1.807) is 4.90 Å². The molecule has 4 aliphatic heterocycles. The highest BCUT2D eigenvalue weighted by Gasteiger charge is 2.62. The van der Waals surface area contributed by atoms with E-state index in [-0.39, 0.29) is 24.1 Å². The van der Waals surface area contributed by atoms with Gasteiger partial charge < -0.3 is 10.2 Å². The number of rotatable bonds is 2. The first-order valence-corrected chi connectivity index (χ1v) is 11.8. The molecule has 7 heteroatoms. The summed E-state index contributed by atoms with van der Waals surface area (Å²) in [5.74, 6) is -0.538. The molecular formula is C24H30N4O3. The number of carbonyl (C=O) groups excluding carboxylic acids is 3. The van der Waals surface area contributed by atoms with E-state index in [4.69, 9.17) is 0 Å². The Morgan fingerprint density at radius 2 is 1.61 bits per heavy atom. The van der Waals surface area contributed by atoms with Gasteiger partial charge in [0.15, 0.2) is 0 Å². The van der Waals surface area contributed by atoms with Crippen molar-refractivity contribution < 1.29 is 14.4 Å². The Kier molecular flexibility index (Phi) is 4.23. The van der Waals surface area contributed by atoms with Crippen LogP contribution in [0.5, 0.6) is 0 Å². The first-order valence-electron chi connectivity index (χ1n) is 11.8. The Balaban J connectivity index is 1.32. The molecule has 1 saturated carbocycles. The zero-order chi connectivity index (χ0) is 21.2. The lowest BCUT2D eigenvalue weighted by molar-refractivity contribution is -0.135. The van der Waals surface area contributed by atoms with Crippen molar-refractivity contribution in [3.05, 3.63) is 23.8 Å². The van der Waals surface area contributed by atoms with Crippen molar-refractivity contribution in [2.45, 2.75) is 62.8 Å². The van der Waals surface area contributed by atoms with Crippen LogP contribution in [0.3, 0.4) is 0 Å². The molecule has 2 spiro atoms. The van der Waals surface area contributed by atoms with E-state index in [0.717, 1.165) is 50.3 Å². The van der Waals surface area contributed by atoms with E-state index >= 15 is 0 Å². The molecule has 7 nitrogen and oxygen atoms in total. The van der Waals surface area contributed by atoms with E-state index in [1.807, 2.05) is 12.1 Å². The summed E-state index contributed by atoms with van der Waals surface area (Å²) >= 11 is 0. The van der Waals surface area contributed by atoms with Crippen molar-refractivity contribution in [1.82, 2.24) is 10.6 Å². The van der Waals surface area contributed by atoms with Gasteiger partial charge in [-0.3, -0.25) is 24.6 Å². The second-order valence-corrected chi connectivity index (χ2v) is 10.1. The molecule has 2 N–H and O–H groups in total. The lowest BCUT2D eigenvalue weighted by Crippen LogP contribution is -2.54.